The van der Waals surface area contributed by atoms with E-state index in [1.165, 1.54) is 28.4 Å². The van der Waals surface area contributed by atoms with Gasteiger partial charge in [0.1, 0.15) is 22.9 Å². The standard InChI is InChI=1S/C26H29N3O6S2/c1-14(37-19-7-5-18(35-2)6-8-19)22(30)27-20-24(32)29-21(26(33)34)17(13-36-25(20)29)11-16-9-10-28(23(16)31)12-15-3-4-15/h5-8,11,14-15,20,25H,3-4,9-10,12-13H2,1-2H3,(H,27,30)(H,33,34). The van der Waals surface area contributed by atoms with Gasteiger partial charge in [-0.1, -0.05) is 0 Å². The predicted molar refractivity (Wildman–Crippen MR) is 140 cm³/mol. The number of nitrogens with one attached hydrogen (secondary N) is 1. The van der Waals surface area contributed by atoms with E-state index in [1.807, 2.05) is 29.2 Å². The summed E-state index contributed by atoms with van der Waals surface area (Å²) in [6.45, 7) is 3.17. The molecule has 3 atom stereocenters. The fraction of sp³-hybridized carbons (Fsp3) is 0.462. The Hall–Kier alpha value is -2.92. The van der Waals surface area contributed by atoms with Crippen molar-refractivity contribution < 1.29 is 29.0 Å². The van der Waals surface area contributed by atoms with Crippen LogP contribution in [0.5, 0.6) is 5.75 Å². The number of hydrogen-bond acceptors (Lipinski definition) is 7. The molecule has 11 heteroatoms. The SMILES string of the molecule is COc1ccc(SC(C)C(=O)NC2C(=O)N3C(C(=O)O)=C(C=C4CCN(CC5CC5)C4=O)CSC23)cc1. The zero-order chi connectivity index (χ0) is 26.3. The van der Waals surface area contributed by atoms with Crippen LogP contribution in [0.3, 0.4) is 0 Å². The first-order chi connectivity index (χ1) is 17.8. The number of carboxylic acid groups (broad SMARTS) is 1. The third-order valence-corrected chi connectivity index (χ3v) is 9.39. The van der Waals surface area contributed by atoms with Gasteiger partial charge in [0.25, 0.3) is 5.91 Å². The summed E-state index contributed by atoms with van der Waals surface area (Å²) in [5.74, 6) is -0.335. The normalized spacial score (nSPS) is 25.2. The average molecular weight is 544 g/mol. The summed E-state index contributed by atoms with van der Waals surface area (Å²) < 4.78 is 5.15. The summed E-state index contributed by atoms with van der Waals surface area (Å²) in [6.07, 6.45) is 4.55. The van der Waals surface area contributed by atoms with Crippen LogP contribution in [-0.4, -0.2) is 81.2 Å². The lowest BCUT2D eigenvalue weighted by molar-refractivity contribution is -0.150. The lowest BCUT2D eigenvalue weighted by atomic mass is 10.0. The topological polar surface area (TPSA) is 116 Å². The molecule has 5 rings (SSSR count). The molecule has 3 fully saturated rings. The highest BCUT2D eigenvalue weighted by molar-refractivity contribution is 8.00. The predicted octanol–water partition coefficient (Wildman–Crippen LogP) is 2.48. The van der Waals surface area contributed by atoms with Crippen LogP contribution in [0.4, 0.5) is 0 Å². The van der Waals surface area contributed by atoms with Crippen molar-refractivity contribution in [2.24, 2.45) is 5.92 Å². The van der Waals surface area contributed by atoms with Gasteiger partial charge < -0.3 is 20.1 Å². The molecule has 0 aromatic heterocycles. The minimum absolute atomic E-state index is 0.0420. The molecular weight excluding hydrogens is 514 g/mol. The van der Waals surface area contributed by atoms with E-state index < -0.39 is 28.5 Å². The first kappa shape index (κ1) is 25.7. The number of amides is 3. The number of nitrogens with zero attached hydrogens (tertiary/aromatic N) is 2. The fourth-order valence-corrected chi connectivity index (χ4v) is 6.92. The Morgan fingerprint density at radius 3 is 2.65 bits per heavy atom. The molecule has 3 amide bonds. The molecule has 0 bridgehead atoms. The third-order valence-electron chi connectivity index (χ3n) is 6.98. The van der Waals surface area contributed by atoms with Crippen molar-refractivity contribution in [1.29, 1.82) is 0 Å². The number of aliphatic carboxylic acids is 1. The molecule has 3 aliphatic heterocycles. The molecule has 4 aliphatic rings. The molecule has 3 heterocycles. The molecule has 37 heavy (non-hydrogen) atoms. The Kier molecular flexibility index (Phi) is 7.26. The maximum atomic E-state index is 13.0. The molecule has 0 spiro atoms. The minimum Gasteiger partial charge on any atom is -0.497 e. The molecule has 2 N–H and O–H groups in total. The second-order valence-electron chi connectivity index (χ2n) is 9.62. The summed E-state index contributed by atoms with van der Waals surface area (Å²) in [5, 5.41) is 11.8. The van der Waals surface area contributed by atoms with E-state index in [-0.39, 0.29) is 17.5 Å². The molecule has 1 saturated carbocycles. The number of benzene rings is 1. The third kappa shape index (κ3) is 5.24. The van der Waals surface area contributed by atoms with Gasteiger partial charge in [-0.05, 0) is 68.0 Å². The van der Waals surface area contributed by atoms with Crippen molar-refractivity contribution >= 4 is 47.2 Å². The van der Waals surface area contributed by atoms with Gasteiger partial charge >= 0.3 is 5.97 Å². The molecule has 2 saturated heterocycles. The van der Waals surface area contributed by atoms with Crippen molar-refractivity contribution in [3.63, 3.8) is 0 Å². The van der Waals surface area contributed by atoms with Gasteiger partial charge in [-0.15, -0.1) is 23.5 Å². The van der Waals surface area contributed by atoms with Crippen molar-refractivity contribution in [2.45, 2.75) is 47.7 Å². The van der Waals surface area contributed by atoms with Crippen LogP contribution < -0.4 is 10.1 Å². The molecule has 1 aliphatic carbocycles. The molecule has 3 unspecified atom stereocenters. The maximum Gasteiger partial charge on any atom is 0.352 e. The Morgan fingerprint density at radius 2 is 2.00 bits per heavy atom. The molecule has 9 nitrogen and oxygen atoms in total. The van der Waals surface area contributed by atoms with Gasteiger partial charge in [0.15, 0.2) is 0 Å². The largest absolute Gasteiger partial charge is 0.497 e. The smallest absolute Gasteiger partial charge is 0.352 e. The Balaban J connectivity index is 1.25. The van der Waals surface area contributed by atoms with E-state index in [0.717, 1.165) is 30.0 Å². The van der Waals surface area contributed by atoms with Gasteiger partial charge in [-0.3, -0.25) is 19.3 Å². The Bertz CT molecular complexity index is 1190. The van der Waals surface area contributed by atoms with Crippen molar-refractivity contribution in [3.05, 3.63) is 47.2 Å². The molecule has 1 aromatic carbocycles. The van der Waals surface area contributed by atoms with Crippen molar-refractivity contribution in [3.8, 4) is 5.75 Å². The van der Waals surface area contributed by atoms with Crippen molar-refractivity contribution in [2.75, 3.05) is 26.0 Å². The van der Waals surface area contributed by atoms with Gasteiger partial charge in [-0.25, -0.2) is 4.79 Å². The van der Waals surface area contributed by atoms with Crippen LogP contribution in [0.1, 0.15) is 26.2 Å². The van der Waals surface area contributed by atoms with Gasteiger partial charge in [0.05, 0.1) is 12.4 Å². The van der Waals surface area contributed by atoms with Crippen LogP contribution in [0, 0.1) is 5.92 Å². The molecule has 1 aromatic rings. The number of allylic oxidation sites excluding steroid dienone is 1. The van der Waals surface area contributed by atoms with E-state index in [0.29, 0.717) is 35.8 Å². The summed E-state index contributed by atoms with van der Waals surface area (Å²) in [6, 6.07) is 6.56. The second-order valence-corrected chi connectivity index (χ2v) is 12.1. The van der Waals surface area contributed by atoms with Crippen LogP contribution in [0.25, 0.3) is 0 Å². The lowest BCUT2D eigenvalue weighted by Crippen LogP contribution is -2.71. The van der Waals surface area contributed by atoms with Crippen LogP contribution in [0.15, 0.2) is 52.1 Å². The van der Waals surface area contributed by atoms with Crippen LogP contribution in [-0.2, 0) is 19.2 Å². The highest BCUT2D eigenvalue weighted by Crippen LogP contribution is 2.42. The average Bonchev–Trinajstić information content (AvgIpc) is 3.65. The number of carbonyl (C=O) groups excluding carboxylic acids is 3. The van der Waals surface area contributed by atoms with Crippen molar-refractivity contribution in [1.82, 2.24) is 15.1 Å². The van der Waals surface area contributed by atoms with E-state index >= 15 is 0 Å². The van der Waals surface area contributed by atoms with E-state index in [1.54, 1.807) is 20.1 Å². The zero-order valence-electron chi connectivity index (χ0n) is 20.6. The second kappa shape index (κ2) is 10.4. The number of fused-ring (bicyclic) bond motifs is 1. The lowest BCUT2D eigenvalue weighted by Gasteiger charge is -2.49. The highest BCUT2D eigenvalue weighted by atomic mass is 32.2. The number of thioether (sulfide) groups is 2. The molecular formula is C26H29N3O6S2. The summed E-state index contributed by atoms with van der Waals surface area (Å²) >= 11 is 2.76. The summed E-state index contributed by atoms with van der Waals surface area (Å²) in [4.78, 5) is 54.8. The maximum absolute atomic E-state index is 13.0. The highest BCUT2D eigenvalue weighted by Gasteiger charge is 2.54. The van der Waals surface area contributed by atoms with Crippen LogP contribution in [0.2, 0.25) is 0 Å². The van der Waals surface area contributed by atoms with Crippen LogP contribution >= 0.6 is 23.5 Å². The first-order valence-electron chi connectivity index (χ1n) is 12.3. The molecule has 196 valence electrons. The minimum atomic E-state index is -1.21. The number of rotatable bonds is 9. The number of ether oxygens (including phenoxy) is 1. The first-order valence-corrected chi connectivity index (χ1v) is 14.2. The fourth-order valence-electron chi connectivity index (χ4n) is 4.73. The summed E-state index contributed by atoms with van der Waals surface area (Å²) in [5.41, 5.74) is 0.962. The van der Waals surface area contributed by atoms with Gasteiger partial charge in [0.2, 0.25) is 11.8 Å². The number of methoxy groups -OCH3 is 1. The van der Waals surface area contributed by atoms with E-state index in [2.05, 4.69) is 5.32 Å². The van der Waals surface area contributed by atoms with E-state index in [9.17, 15) is 24.3 Å². The number of hydrogen-bond donors (Lipinski definition) is 2. The van der Waals surface area contributed by atoms with E-state index in [4.69, 9.17) is 4.74 Å². The van der Waals surface area contributed by atoms with Gasteiger partial charge in [-0.2, -0.15) is 0 Å². The number of carboxylic acids is 1. The zero-order valence-corrected chi connectivity index (χ0v) is 22.3. The van der Waals surface area contributed by atoms with Gasteiger partial charge in [0, 0.05) is 29.3 Å². The number of likely N-dealkylation sites (tertiary alicyclic amines) is 1. The Morgan fingerprint density at radius 1 is 1.27 bits per heavy atom. The number of β-lactam (4-membered cyclic amide) rings is 1. The summed E-state index contributed by atoms with van der Waals surface area (Å²) in [7, 11) is 1.59. The number of carbonyl (C=O) groups is 4. The monoisotopic (exact) mass is 543 g/mol. The quantitative estimate of drug-likeness (QED) is 0.277. The molecule has 0 radical (unpaired) electrons. The Labute approximate surface area is 223 Å².